The number of hydrogen-bond donors (Lipinski definition) is 3. The summed E-state index contributed by atoms with van der Waals surface area (Å²) in [7, 11) is 0. The predicted octanol–water partition coefficient (Wildman–Crippen LogP) is -0.929. The summed E-state index contributed by atoms with van der Waals surface area (Å²) in [5.41, 5.74) is -7.49. The van der Waals surface area contributed by atoms with Crippen molar-refractivity contribution in [3.05, 3.63) is 12.2 Å². The second-order valence-corrected chi connectivity index (χ2v) is 15.3. The molecule has 10 aliphatic rings. The summed E-state index contributed by atoms with van der Waals surface area (Å²) < 4.78 is 33.2. The van der Waals surface area contributed by atoms with E-state index in [-0.39, 0.29) is 24.9 Å². The molecule has 6 aliphatic heterocycles. The van der Waals surface area contributed by atoms with Gasteiger partial charge in [0.25, 0.3) is 0 Å². The average molecular weight is 603 g/mol. The minimum atomic E-state index is -1.47. The van der Waals surface area contributed by atoms with Crippen LogP contribution in [0.3, 0.4) is 0 Å². The van der Waals surface area contributed by atoms with Crippen molar-refractivity contribution in [2.24, 2.45) is 34.5 Å². The van der Waals surface area contributed by atoms with Gasteiger partial charge in [-0.25, -0.2) is 9.59 Å². The Labute approximate surface area is 245 Å². The van der Waals surface area contributed by atoms with Crippen LogP contribution in [0.2, 0.25) is 0 Å². The Bertz CT molecular complexity index is 1500. The lowest BCUT2D eigenvalue weighted by Gasteiger charge is -2.53. The van der Waals surface area contributed by atoms with Gasteiger partial charge in [-0.3, -0.25) is 9.59 Å². The third-order valence-corrected chi connectivity index (χ3v) is 13.4. The van der Waals surface area contributed by atoms with Crippen LogP contribution in [0.25, 0.3) is 0 Å². The monoisotopic (exact) mass is 602 g/mol. The minimum absolute atomic E-state index is 0.189. The van der Waals surface area contributed by atoms with Gasteiger partial charge in [0.2, 0.25) is 11.2 Å². The van der Waals surface area contributed by atoms with Crippen molar-refractivity contribution in [3.63, 3.8) is 0 Å². The summed E-state index contributed by atoms with van der Waals surface area (Å²) in [4.78, 5) is 49.4. The molecule has 0 aromatic carbocycles. The van der Waals surface area contributed by atoms with E-state index >= 15 is 0 Å². The lowest BCUT2D eigenvalue weighted by Crippen LogP contribution is -2.68. The summed E-state index contributed by atoms with van der Waals surface area (Å²) in [6.07, 6.45) is -3.12. The van der Waals surface area contributed by atoms with Gasteiger partial charge in [0.1, 0.15) is 24.4 Å². The zero-order valence-electron chi connectivity index (χ0n) is 24.3. The summed E-state index contributed by atoms with van der Waals surface area (Å²) >= 11 is 0. The van der Waals surface area contributed by atoms with Gasteiger partial charge in [-0.1, -0.05) is 12.2 Å². The lowest BCUT2D eigenvalue weighted by molar-refractivity contribution is -0.223. The van der Waals surface area contributed by atoms with Crippen molar-refractivity contribution in [1.29, 1.82) is 0 Å². The molecule has 0 amide bonds. The third kappa shape index (κ3) is 2.29. The van der Waals surface area contributed by atoms with Crippen LogP contribution in [0, 0.1) is 34.5 Å². The molecule has 4 saturated carbocycles. The first-order valence-corrected chi connectivity index (χ1v) is 14.9. The highest BCUT2D eigenvalue weighted by molar-refractivity contribution is 5.92. The Kier molecular flexibility index (Phi) is 4.24. The maximum atomic E-state index is 12.4. The van der Waals surface area contributed by atoms with Crippen LogP contribution in [0.1, 0.15) is 47.5 Å². The Morgan fingerprint density at radius 1 is 0.791 bits per heavy atom. The van der Waals surface area contributed by atoms with Gasteiger partial charge in [0, 0.05) is 24.7 Å². The van der Waals surface area contributed by atoms with Crippen LogP contribution in [0.15, 0.2) is 12.2 Å². The van der Waals surface area contributed by atoms with Crippen molar-refractivity contribution >= 4 is 23.9 Å². The van der Waals surface area contributed by atoms with E-state index in [0.717, 1.165) is 5.57 Å². The molecule has 3 N–H and O–H groups in total. The molecule has 4 bridgehead atoms. The van der Waals surface area contributed by atoms with Gasteiger partial charge < -0.3 is 43.7 Å². The van der Waals surface area contributed by atoms with Gasteiger partial charge in [-0.2, -0.15) is 0 Å². The summed E-state index contributed by atoms with van der Waals surface area (Å²) in [6, 6.07) is 0. The third-order valence-electron chi connectivity index (χ3n) is 13.4. The SMILES string of the molecule is C=C(C)[C@@H]1[C@@H]2OC(=O)[C@H]1[C@]1(O)C[C@H]3O[C@]34C(=O)O[C@H]2[C@@]14C.CC(C)(O)[C@@H]1[C@@H]2OC(=O)[C@H]1[C@]1(O)C[C@H]3O[C@]34C(=O)O[C@H]2[C@@]14C. The fraction of sp³-hybridized carbons (Fsp3) is 0.800. The van der Waals surface area contributed by atoms with Gasteiger partial charge in [-0.15, -0.1) is 0 Å². The second-order valence-electron chi connectivity index (χ2n) is 15.3. The van der Waals surface area contributed by atoms with Crippen LogP contribution < -0.4 is 0 Å². The zero-order valence-corrected chi connectivity index (χ0v) is 24.3. The first-order chi connectivity index (χ1) is 19.9. The largest absolute Gasteiger partial charge is 0.458 e. The maximum absolute atomic E-state index is 12.4. The molecule has 43 heavy (non-hydrogen) atoms. The fourth-order valence-electron chi connectivity index (χ4n) is 11.4. The molecule has 10 rings (SSSR count). The van der Waals surface area contributed by atoms with Gasteiger partial charge >= 0.3 is 23.9 Å². The first kappa shape index (κ1) is 26.8. The van der Waals surface area contributed by atoms with Crippen LogP contribution in [0.4, 0.5) is 0 Å². The number of ether oxygens (including phenoxy) is 6. The topological polar surface area (TPSA) is 191 Å². The van der Waals surface area contributed by atoms with E-state index < -0.39 is 111 Å². The number of hydrogen-bond acceptors (Lipinski definition) is 13. The van der Waals surface area contributed by atoms with E-state index in [1.165, 1.54) is 0 Å². The van der Waals surface area contributed by atoms with Crippen molar-refractivity contribution in [1.82, 2.24) is 0 Å². The van der Waals surface area contributed by atoms with Crippen molar-refractivity contribution in [2.75, 3.05) is 0 Å². The standard InChI is InChI=1S/C15H18O7.C15H16O6/c1-12(2,18)6-7-10(16)20-8(6)9-13(3)14(7,19)4-5-15(13,22-5)11(17)21-9;1-5(2)7-8-11(16)19-9(7)10-13(3)14(8,18)4-6-15(13,21-6)12(17)20-10/h5-9,18-19H,4H2,1-3H3;6-10,18H,1,4H2,2-3H3/t5-,6+,7+,8+,9-,13+,14-,15+;6-,7+,8+,9+,10-,13+,14-,15+/m11/s1. The fourth-order valence-corrected chi connectivity index (χ4v) is 11.4. The van der Waals surface area contributed by atoms with E-state index in [2.05, 4.69) is 6.58 Å². The average Bonchev–Trinajstić information content (AvgIpc) is 3.58. The van der Waals surface area contributed by atoms with Crippen molar-refractivity contribution in [2.45, 2.75) is 112 Å². The van der Waals surface area contributed by atoms with Crippen LogP contribution in [-0.2, 0) is 47.6 Å². The summed E-state index contributed by atoms with van der Waals surface area (Å²) in [5.74, 6) is -4.37. The van der Waals surface area contributed by atoms with E-state index in [9.17, 15) is 34.5 Å². The molecule has 6 heterocycles. The number of carbonyl (C=O) groups is 4. The second kappa shape index (κ2) is 6.81. The molecule has 232 valence electrons. The van der Waals surface area contributed by atoms with Crippen molar-refractivity contribution in [3.8, 4) is 0 Å². The molecule has 13 nitrogen and oxygen atoms in total. The smallest absolute Gasteiger partial charge is 0.342 e. The predicted molar refractivity (Wildman–Crippen MR) is 135 cm³/mol. The quantitative estimate of drug-likeness (QED) is 0.152. The molecular weight excluding hydrogens is 568 g/mol. The molecule has 0 unspecified atom stereocenters. The Hall–Kier alpha value is -2.58. The molecule has 2 spiro atoms. The van der Waals surface area contributed by atoms with E-state index in [4.69, 9.17) is 28.4 Å². The molecule has 4 aliphatic carbocycles. The molecule has 10 fully saturated rings. The molecular formula is C30H34O13. The van der Waals surface area contributed by atoms with Crippen molar-refractivity contribution < 1.29 is 62.9 Å². The zero-order chi connectivity index (χ0) is 30.8. The van der Waals surface area contributed by atoms with E-state index in [1.54, 1.807) is 27.7 Å². The van der Waals surface area contributed by atoms with Gasteiger partial charge in [-0.05, 0) is 34.6 Å². The molecule has 0 aromatic heterocycles. The Morgan fingerprint density at radius 3 is 1.72 bits per heavy atom. The van der Waals surface area contributed by atoms with Gasteiger partial charge in [0.15, 0.2) is 12.2 Å². The highest BCUT2D eigenvalue weighted by Gasteiger charge is 2.97. The first-order valence-electron chi connectivity index (χ1n) is 14.9. The number of aliphatic hydroxyl groups is 3. The minimum Gasteiger partial charge on any atom is -0.458 e. The number of epoxide rings is 2. The number of carbonyl (C=O) groups excluding carboxylic acids is 4. The lowest BCUT2D eigenvalue weighted by atomic mass is 9.52. The summed E-state index contributed by atoms with van der Waals surface area (Å²) in [5, 5.41) is 33.3. The van der Waals surface area contributed by atoms with Gasteiger partial charge in [0.05, 0.1) is 39.5 Å². The van der Waals surface area contributed by atoms with Crippen LogP contribution in [0.5, 0.6) is 0 Å². The summed E-state index contributed by atoms with van der Waals surface area (Å²) in [6.45, 7) is 12.5. The maximum Gasteiger partial charge on any atom is 0.342 e. The molecule has 0 aromatic rings. The van der Waals surface area contributed by atoms with Crippen LogP contribution >= 0.6 is 0 Å². The normalized spacial score (nSPS) is 61.3. The molecule has 6 saturated heterocycles. The highest BCUT2D eigenvalue weighted by atomic mass is 16.7. The molecule has 16 atom stereocenters. The van der Waals surface area contributed by atoms with E-state index in [0.29, 0.717) is 0 Å². The number of esters is 4. The molecule has 0 radical (unpaired) electrons. The van der Waals surface area contributed by atoms with E-state index in [1.807, 2.05) is 6.92 Å². The van der Waals surface area contributed by atoms with Crippen LogP contribution in [-0.4, -0.2) is 104 Å². The Balaban J connectivity index is 0.000000121. The number of rotatable bonds is 2. The Morgan fingerprint density at radius 2 is 1.23 bits per heavy atom. The highest BCUT2D eigenvalue weighted by Crippen LogP contribution is 2.78. The molecule has 13 heteroatoms. The number of fused-ring (bicyclic) bond motifs is 8.